The minimum atomic E-state index is -0.509. The summed E-state index contributed by atoms with van der Waals surface area (Å²) in [5.41, 5.74) is 4.25. The van der Waals surface area contributed by atoms with E-state index in [0.29, 0.717) is 5.75 Å². The van der Waals surface area contributed by atoms with Crippen molar-refractivity contribution in [2.24, 2.45) is 5.10 Å². The molecule has 0 bridgehead atoms. The van der Waals surface area contributed by atoms with Crippen molar-refractivity contribution in [2.45, 2.75) is 13.0 Å². The third-order valence-electron chi connectivity index (χ3n) is 4.46. The standard InChI is InChI=1S/C24H23N3O4/c1-17(19-7-3-2-4-8-19)26-23(29)16-31-20-13-11-18(12-14-20)15-25-27-24(30)21-9-5-6-10-22(21)28/h2-15,17,28H,16H2,1H3,(H,26,29)(H,27,30)/b25-15-/t17-/m1/s1. The SMILES string of the molecule is C[C@@H](NC(=O)COc1ccc(/C=N\NC(=O)c2ccccc2O)cc1)c1ccccc1. The molecule has 2 amide bonds. The van der Waals surface area contributed by atoms with Crippen LogP contribution in [0.1, 0.15) is 34.5 Å². The summed E-state index contributed by atoms with van der Waals surface area (Å²) in [6.07, 6.45) is 1.47. The summed E-state index contributed by atoms with van der Waals surface area (Å²) in [5.74, 6) is -0.296. The molecule has 0 unspecified atom stereocenters. The molecule has 3 aromatic rings. The molecule has 0 aliphatic heterocycles. The van der Waals surface area contributed by atoms with Crippen LogP contribution in [0.3, 0.4) is 0 Å². The molecule has 0 saturated heterocycles. The Labute approximate surface area is 180 Å². The van der Waals surface area contributed by atoms with E-state index in [1.807, 2.05) is 37.3 Å². The predicted octanol–water partition coefficient (Wildman–Crippen LogP) is 3.41. The van der Waals surface area contributed by atoms with Crippen LogP contribution in [0.15, 0.2) is 84.0 Å². The summed E-state index contributed by atoms with van der Waals surface area (Å²) in [5, 5.41) is 16.4. The first-order valence-corrected chi connectivity index (χ1v) is 9.71. The van der Waals surface area contributed by atoms with Gasteiger partial charge in [0.25, 0.3) is 11.8 Å². The number of hydrogen-bond acceptors (Lipinski definition) is 5. The maximum Gasteiger partial charge on any atom is 0.275 e. The normalized spacial score (nSPS) is 11.6. The summed E-state index contributed by atoms with van der Waals surface area (Å²) >= 11 is 0. The van der Waals surface area contributed by atoms with Crippen molar-refractivity contribution in [3.63, 3.8) is 0 Å². The number of carbonyl (C=O) groups excluding carboxylic acids is 2. The first kappa shape index (κ1) is 21.6. The van der Waals surface area contributed by atoms with Crippen molar-refractivity contribution in [2.75, 3.05) is 6.61 Å². The van der Waals surface area contributed by atoms with Crippen LogP contribution in [0.5, 0.6) is 11.5 Å². The van der Waals surface area contributed by atoms with Gasteiger partial charge in [0.15, 0.2) is 6.61 Å². The molecule has 0 fully saturated rings. The molecule has 31 heavy (non-hydrogen) atoms. The predicted molar refractivity (Wildman–Crippen MR) is 118 cm³/mol. The van der Waals surface area contributed by atoms with Crippen LogP contribution in [-0.2, 0) is 4.79 Å². The molecule has 3 N–H and O–H groups in total. The Morgan fingerprint density at radius 2 is 1.68 bits per heavy atom. The minimum absolute atomic E-state index is 0.0960. The highest BCUT2D eigenvalue weighted by molar-refractivity contribution is 5.97. The molecule has 0 aliphatic rings. The van der Waals surface area contributed by atoms with Crippen molar-refractivity contribution in [1.29, 1.82) is 0 Å². The van der Waals surface area contributed by atoms with E-state index in [9.17, 15) is 14.7 Å². The molecule has 7 heteroatoms. The number of phenols is 1. The number of aromatic hydroxyl groups is 1. The van der Waals surface area contributed by atoms with Gasteiger partial charge in [0, 0.05) is 0 Å². The van der Waals surface area contributed by atoms with Crippen LogP contribution in [0.4, 0.5) is 0 Å². The first-order chi connectivity index (χ1) is 15.0. The number of ether oxygens (including phenoxy) is 1. The molecule has 7 nitrogen and oxygen atoms in total. The van der Waals surface area contributed by atoms with Crippen LogP contribution < -0.4 is 15.5 Å². The Kier molecular flexibility index (Phi) is 7.37. The molecule has 0 heterocycles. The zero-order valence-electron chi connectivity index (χ0n) is 17.0. The maximum atomic E-state index is 12.1. The number of para-hydroxylation sites is 1. The number of hydrazone groups is 1. The number of amides is 2. The molecule has 158 valence electrons. The molecular weight excluding hydrogens is 394 g/mol. The molecule has 0 radical (unpaired) electrons. The van der Waals surface area contributed by atoms with E-state index in [1.54, 1.807) is 36.4 Å². The Bertz CT molecular complexity index is 1050. The number of rotatable bonds is 8. The van der Waals surface area contributed by atoms with Gasteiger partial charge in [-0.05, 0) is 54.4 Å². The minimum Gasteiger partial charge on any atom is -0.507 e. The van der Waals surface area contributed by atoms with Crippen molar-refractivity contribution >= 4 is 18.0 Å². The number of carbonyl (C=O) groups is 2. The van der Waals surface area contributed by atoms with Gasteiger partial charge >= 0.3 is 0 Å². The second-order valence-electron chi connectivity index (χ2n) is 6.77. The third-order valence-corrected chi connectivity index (χ3v) is 4.46. The highest BCUT2D eigenvalue weighted by Crippen LogP contribution is 2.15. The van der Waals surface area contributed by atoms with Gasteiger partial charge < -0.3 is 15.2 Å². The topological polar surface area (TPSA) is 100 Å². The van der Waals surface area contributed by atoms with Crippen molar-refractivity contribution in [3.05, 3.63) is 95.6 Å². The van der Waals surface area contributed by atoms with Crippen LogP contribution in [0, 0.1) is 0 Å². The molecule has 3 aromatic carbocycles. The molecule has 3 rings (SSSR count). The zero-order chi connectivity index (χ0) is 22.1. The Hall–Kier alpha value is -4.13. The van der Waals surface area contributed by atoms with Gasteiger partial charge in [0.2, 0.25) is 0 Å². The van der Waals surface area contributed by atoms with E-state index in [1.165, 1.54) is 18.3 Å². The van der Waals surface area contributed by atoms with Gasteiger partial charge in [-0.1, -0.05) is 42.5 Å². The van der Waals surface area contributed by atoms with Gasteiger partial charge in [0.1, 0.15) is 11.5 Å². The lowest BCUT2D eigenvalue weighted by molar-refractivity contribution is -0.123. The van der Waals surface area contributed by atoms with E-state index in [-0.39, 0.29) is 29.9 Å². The zero-order valence-corrected chi connectivity index (χ0v) is 17.0. The van der Waals surface area contributed by atoms with Crippen LogP contribution in [0.2, 0.25) is 0 Å². The third kappa shape index (κ3) is 6.43. The van der Waals surface area contributed by atoms with Gasteiger partial charge in [-0.15, -0.1) is 0 Å². The summed E-state index contributed by atoms with van der Waals surface area (Å²) in [6.45, 7) is 1.82. The number of nitrogens with one attached hydrogen (secondary N) is 2. The quantitative estimate of drug-likeness (QED) is 0.386. The summed E-state index contributed by atoms with van der Waals surface area (Å²) in [4.78, 5) is 24.1. The van der Waals surface area contributed by atoms with Crippen molar-refractivity contribution < 1.29 is 19.4 Å². The highest BCUT2D eigenvalue weighted by atomic mass is 16.5. The lowest BCUT2D eigenvalue weighted by Gasteiger charge is -2.14. The van der Waals surface area contributed by atoms with E-state index < -0.39 is 5.91 Å². The first-order valence-electron chi connectivity index (χ1n) is 9.71. The second-order valence-corrected chi connectivity index (χ2v) is 6.77. The monoisotopic (exact) mass is 417 g/mol. The van der Waals surface area contributed by atoms with E-state index in [4.69, 9.17) is 4.74 Å². The van der Waals surface area contributed by atoms with Crippen LogP contribution >= 0.6 is 0 Å². The number of nitrogens with zero attached hydrogens (tertiary/aromatic N) is 1. The summed E-state index contributed by atoms with van der Waals surface area (Å²) in [7, 11) is 0. The average molecular weight is 417 g/mol. The molecule has 0 spiro atoms. The van der Waals surface area contributed by atoms with E-state index >= 15 is 0 Å². The van der Waals surface area contributed by atoms with E-state index in [2.05, 4.69) is 15.8 Å². The Morgan fingerprint density at radius 3 is 2.39 bits per heavy atom. The molecular formula is C24H23N3O4. The fourth-order valence-corrected chi connectivity index (χ4v) is 2.80. The Morgan fingerprint density at radius 1 is 1.00 bits per heavy atom. The number of benzene rings is 3. The lowest BCUT2D eigenvalue weighted by Crippen LogP contribution is -2.31. The molecule has 0 saturated carbocycles. The lowest BCUT2D eigenvalue weighted by atomic mass is 10.1. The van der Waals surface area contributed by atoms with Crippen molar-refractivity contribution in [3.8, 4) is 11.5 Å². The number of hydrogen-bond donors (Lipinski definition) is 3. The van der Waals surface area contributed by atoms with Gasteiger partial charge in [-0.25, -0.2) is 5.43 Å². The summed E-state index contributed by atoms with van der Waals surface area (Å²) < 4.78 is 5.52. The molecule has 0 aliphatic carbocycles. The maximum absolute atomic E-state index is 12.1. The molecule has 0 aromatic heterocycles. The van der Waals surface area contributed by atoms with Crippen LogP contribution in [-0.4, -0.2) is 29.7 Å². The van der Waals surface area contributed by atoms with Gasteiger partial charge in [-0.2, -0.15) is 5.10 Å². The fourth-order valence-electron chi connectivity index (χ4n) is 2.80. The Balaban J connectivity index is 1.45. The van der Waals surface area contributed by atoms with Gasteiger partial charge in [0.05, 0.1) is 17.8 Å². The van der Waals surface area contributed by atoms with Gasteiger partial charge in [-0.3, -0.25) is 9.59 Å². The summed E-state index contributed by atoms with van der Waals surface area (Å²) in [6, 6.07) is 22.7. The highest BCUT2D eigenvalue weighted by Gasteiger charge is 2.10. The van der Waals surface area contributed by atoms with Crippen LogP contribution in [0.25, 0.3) is 0 Å². The fraction of sp³-hybridized carbons (Fsp3) is 0.125. The van der Waals surface area contributed by atoms with E-state index in [0.717, 1.165) is 11.1 Å². The average Bonchev–Trinajstić information content (AvgIpc) is 2.79. The van der Waals surface area contributed by atoms with Crippen molar-refractivity contribution in [1.82, 2.24) is 10.7 Å². The smallest absolute Gasteiger partial charge is 0.275 e. The molecule has 1 atom stereocenters. The largest absolute Gasteiger partial charge is 0.507 e. The second kappa shape index (κ2) is 10.6. The number of phenolic OH excluding ortho intramolecular Hbond substituents is 1.